The van der Waals surface area contributed by atoms with Crippen molar-refractivity contribution >= 4 is 10.9 Å². The number of rotatable bonds is 4. The standard InChI is InChI=1S/C17H22N2O/c1-3-18-16(17(2)10-6-12-20-17)14-9-4-7-13-8-5-11-19-15(13)14/h4-5,7-9,11,16,18H,3,6,10,12H2,1-2H3. The van der Waals surface area contributed by atoms with Gasteiger partial charge in [0.2, 0.25) is 0 Å². The Hall–Kier alpha value is -1.45. The van der Waals surface area contributed by atoms with Gasteiger partial charge in [0, 0.05) is 18.2 Å². The molecule has 0 amide bonds. The first-order valence-corrected chi connectivity index (χ1v) is 7.45. The Morgan fingerprint density at radius 3 is 2.95 bits per heavy atom. The zero-order valence-electron chi connectivity index (χ0n) is 12.2. The van der Waals surface area contributed by atoms with Crippen LogP contribution < -0.4 is 5.32 Å². The average Bonchev–Trinajstić information content (AvgIpc) is 2.92. The molecule has 0 radical (unpaired) electrons. The van der Waals surface area contributed by atoms with Crippen molar-refractivity contribution in [2.75, 3.05) is 13.2 Å². The number of para-hydroxylation sites is 1. The third-order valence-electron chi connectivity index (χ3n) is 4.24. The van der Waals surface area contributed by atoms with E-state index < -0.39 is 0 Å². The maximum Gasteiger partial charge on any atom is 0.0849 e. The molecule has 1 aliphatic rings. The normalized spacial score (nSPS) is 24.1. The lowest BCUT2D eigenvalue weighted by Gasteiger charge is -2.34. The summed E-state index contributed by atoms with van der Waals surface area (Å²) in [7, 11) is 0. The lowest BCUT2D eigenvalue weighted by molar-refractivity contribution is -0.0117. The highest BCUT2D eigenvalue weighted by atomic mass is 16.5. The van der Waals surface area contributed by atoms with E-state index in [1.807, 2.05) is 12.3 Å². The number of hydrogen-bond donors (Lipinski definition) is 1. The van der Waals surface area contributed by atoms with Gasteiger partial charge in [-0.1, -0.05) is 31.2 Å². The molecule has 2 heterocycles. The molecular weight excluding hydrogens is 248 g/mol. The number of nitrogens with one attached hydrogen (secondary N) is 1. The highest BCUT2D eigenvalue weighted by Crippen LogP contribution is 2.39. The van der Waals surface area contributed by atoms with E-state index in [0.29, 0.717) is 0 Å². The topological polar surface area (TPSA) is 34.2 Å². The molecule has 0 bridgehead atoms. The Kier molecular flexibility index (Phi) is 3.72. The van der Waals surface area contributed by atoms with Crippen molar-refractivity contribution in [2.45, 2.75) is 38.3 Å². The summed E-state index contributed by atoms with van der Waals surface area (Å²) in [4.78, 5) is 4.59. The number of ether oxygens (including phenoxy) is 1. The van der Waals surface area contributed by atoms with E-state index in [0.717, 1.165) is 31.5 Å². The Morgan fingerprint density at radius 2 is 2.20 bits per heavy atom. The zero-order valence-corrected chi connectivity index (χ0v) is 12.2. The summed E-state index contributed by atoms with van der Waals surface area (Å²) in [5.74, 6) is 0. The largest absolute Gasteiger partial charge is 0.373 e. The van der Waals surface area contributed by atoms with Gasteiger partial charge >= 0.3 is 0 Å². The third-order valence-corrected chi connectivity index (χ3v) is 4.24. The van der Waals surface area contributed by atoms with Crippen LogP contribution in [0.15, 0.2) is 36.5 Å². The molecule has 2 unspecified atom stereocenters. The second kappa shape index (κ2) is 5.51. The fourth-order valence-electron chi connectivity index (χ4n) is 3.25. The summed E-state index contributed by atoms with van der Waals surface area (Å²) in [6.45, 7) is 6.14. The minimum Gasteiger partial charge on any atom is -0.373 e. The molecule has 1 aromatic heterocycles. The van der Waals surface area contributed by atoms with Crippen LogP contribution in [0.25, 0.3) is 10.9 Å². The number of fused-ring (bicyclic) bond motifs is 1. The smallest absolute Gasteiger partial charge is 0.0849 e. The van der Waals surface area contributed by atoms with Gasteiger partial charge in [-0.05, 0) is 37.9 Å². The molecular formula is C17H22N2O. The number of hydrogen-bond acceptors (Lipinski definition) is 3. The minimum absolute atomic E-state index is 0.137. The predicted molar refractivity (Wildman–Crippen MR) is 81.8 cm³/mol. The number of nitrogens with zero attached hydrogens (tertiary/aromatic N) is 1. The van der Waals surface area contributed by atoms with Crippen molar-refractivity contribution in [1.82, 2.24) is 10.3 Å². The molecule has 0 saturated carbocycles. The fraction of sp³-hybridized carbons (Fsp3) is 0.471. The van der Waals surface area contributed by atoms with Crippen LogP contribution in [0.5, 0.6) is 0 Å². The van der Waals surface area contributed by atoms with Gasteiger partial charge in [0.1, 0.15) is 0 Å². The van der Waals surface area contributed by atoms with Gasteiger partial charge < -0.3 is 10.1 Å². The van der Waals surface area contributed by atoms with Gasteiger partial charge in [0.25, 0.3) is 0 Å². The summed E-state index contributed by atoms with van der Waals surface area (Å²) >= 11 is 0. The van der Waals surface area contributed by atoms with Crippen LogP contribution in [0, 0.1) is 0 Å². The molecule has 1 N–H and O–H groups in total. The van der Waals surface area contributed by atoms with E-state index in [9.17, 15) is 0 Å². The summed E-state index contributed by atoms with van der Waals surface area (Å²) in [5, 5.41) is 4.80. The van der Waals surface area contributed by atoms with Crippen LogP contribution in [-0.4, -0.2) is 23.7 Å². The highest BCUT2D eigenvalue weighted by molar-refractivity contribution is 5.82. The summed E-state index contributed by atoms with van der Waals surface area (Å²) in [6.07, 6.45) is 4.09. The van der Waals surface area contributed by atoms with E-state index >= 15 is 0 Å². The monoisotopic (exact) mass is 270 g/mol. The number of benzene rings is 1. The molecule has 3 heteroatoms. The number of likely N-dealkylation sites (N-methyl/N-ethyl adjacent to an activating group) is 1. The minimum atomic E-state index is -0.137. The first kappa shape index (κ1) is 13.5. The summed E-state index contributed by atoms with van der Waals surface area (Å²) in [6, 6.07) is 10.7. The second-order valence-corrected chi connectivity index (χ2v) is 5.68. The van der Waals surface area contributed by atoms with Crippen LogP contribution in [-0.2, 0) is 4.74 Å². The molecule has 0 spiro atoms. The Morgan fingerprint density at radius 1 is 1.35 bits per heavy atom. The van der Waals surface area contributed by atoms with E-state index in [1.165, 1.54) is 10.9 Å². The van der Waals surface area contributed by atoms with Gasteiger partial charge in [0.15, 0.2) is 0 Å². The van der Waals surface area contributed by atoms with Gasteiger partial charge in [-0.25, -0.2) is 0 Å². The van der Waals surface area contributed by atoms with E-state index in [4.69, 9.17) is 4.74 Å². The molecule has 3 rings (SSSR count). The van der Waals surface area contributed by atoms with E-state index in [2.05, 4.69) is 48.4 Å². The first-order valence-electron chi connectivity index (χ1n) is 7.45. The summed E-state index contributed by atoms with van der Waals surface area (Å²) in [5.41, 5.74) is 2.19. The molecule has 20 heavy (non-hydrogen) atoms. The molecule has 0 aliphatic carbocycles. The molecule has 2 atom stereocenters. The van der Waals surface area contributed by atoms with Crippen LogP contribution in [0.2, 0.25) is 0 Å². The van der Waals surface area contributed by atoms with Gasteiger partial charge in [-0.3, -0.25) is 4.98 Å². The van der Waals surface area contributed by atoms with Crippen molar-refractivity contribution in [1.29, 1.82) is 0 Å². The molecule has 1 saturated heterocycles. The number of pyridine rings is 1. The van der Waals surface area contributed by atoms with Crippen molar-refractivity contribution < 1.29 is 4.74 Å². The highest BCUT2D eigenvalue weighted by Gasteiger charge is 2.39. The number of aromatic nitrogens is 1. The Balaban J connectivity index is 2.09. The zero-order chi connectivity index (χ0) is 14.0. The molecule has 1 aromatic carbocycles. The quantitative estimate of drug-likeness (QED) is 0.924. The van der Waals surface area contributed by atoms with Crippen molar-refractivity contribution in [2.24, 2.45) is 0 Å². The van der Waals surface area contributed by atoms with Crippen LogP contribution >= 0.6 is 0 Å². The van der Waals surface area contributed by atoms with Gasteiger partial charge in [0.05, 0.1) is 17.2 Å². The molecule has 1 fully saturated rings. The van der Waals surface area contributed by atoms with Crippen LogP contribution in [0.4, 0.5) is 0 Å². The third kappa shape index (κ3) is 2.32. The second-order valence-electron chi connectivity index (χ2n) is 5.68. The lowest BCUT2D eigenvalue weighted by atomic mass is 9.86. The molecule has 106 valence electrons. The Labute approximate surface area is 120 Å². The van der Waals surface area contributed by atoms with Gasteiger partial charge in [-0.15, -0.1) is 0 Å². The predicted octanol–water partition coefficient (Wildman–Crippen LogP) is 3.45. The van der Waals surface area contributed by atoms with Crippen molar-refractivity contribution in [3.8, 4) is 0 Å². The summed E-state index contributed by atoms with van der Waals surface area (Å²) < 4.78 is 6.07. The SMILES string of the molecule is CCNC(c1cccc2cccnc12)C1(C)CCCO1. The van der Waals surface area contributed by atoms with E-state index in [-0.39, 0.29) is 11.6 Å². The molecule has 1 aliphatic heterocycles. The lowest BCUT2D eigenvalue weighted by Crippen LogP contribution is -2.41. The van der Waals surface area contributed by atoms with E-state index in [1.54, 1.807) is 0 Å². The molecule has 3 nitrogen and oxygen atoms in total. The Bertz CT molecular complexity index is 585. The maximum atomic E-state index is 6.07. The first-order chi connectivity index (χ1) is 9.74. The van der Waals surface area contributed by atoms with Crippen molar-refractivity contribution in [3.05, 3.63) is 42.1 Å². The maximum absolute atomic E-state index is 6.07. The fourth-order valence-corrected chi connectivity index (χ4v) is 3.25. The van der Waals surface area contributed by atoms with Crippen LogP contribution in [0.3, 0.4) is 0 Å². The average molecular weight is 270 g/mol. The van der Waals surface area contributed by atoms with Crippen molar-refractivity contribution in [3.63, 3.8) is 0 Å². The van der Waals surface area contributed by atoms with Crippen LogP contribution in [0.1, 0.15) is 38.3 Å². The van der Waals surface area contributed by atoms with Gasteiger partial charge in [-0.2, -0.15) is 0 Å². The molecule has 2 aromatic rings.